The van der Waals surface area contributed by atoms with E-state index in [9.17, 15) is 0 Å². The fourth-order valence-electron chi connectivity index (χ4n) is 4.55. The lowest BCUT2D eigenvalue weighted by molar-refractivity contribution is 0.584. The van der Waals surface area contributed by atoms with Gasteiger partial charge in [-0.25, -0.2) is 0 Å². The molecule has 4 aromatic rings. The second kappa shape index (κ2) is 5.19. The zero-order chi connectivity index (χ0) is 19.0. The molecule has 5 rings (SSSR count). The molecule has 0 bridgehead atoms. The van der Waals surface area contributed by atoms with Crippen LogP contribution in [0.25, 0.3) is 32.8 Å². The minimum Gasteiger partial charge on any atom is -0.256 e. The molecule has 134 valence electrons. The Morgan fingerprint density at radius 1 is 0.778 bits per heavy atom. The van der Waals surface area contributed by atoms with Crippen molar-refractivity contribution in [3.05, 3.63) is 77.5 Å². The van der Waals surface area contributed by atoms with Gasteiger partial charge in [-0.2, -0.15) is 0 Å². The molecule has 0 spiro atoms. The van der Waals surface area contributed by atoms with Crippen LogP contribution in [0.2, 0.25) is 0 Å². The van der Waals surface area contributed by atoms with Crippen molar-refractivity contribution in [2.45, 2.75) is 45.4 Å². The van der Waals surface area contributed by atoms with E-state index in [0.29, 0.717) is 0 Å². The first kappa shape index (κ1) is 16.5. The summed E-state index contributed by atoms with van der Waals surface area (Å²) >= 11 is 0. The van der Waals surface area contributed by atoms with Crippen LogP contribution in [0.4, 0.5) is 0 Å². The van der Waals surface area contributed by atoms with Crippen LogP contribution in [0.1, 0.15) is 51.3 Å². The van der Waals surface area contributed by atoms with Crippen molar-refractivity contribution in [1.82, 2.24) is 4.98 Å². The fraction of sp³-hybridized carbons (Fsp3) is 0.269. The van der Waals surface area contributed by atoms with Crippen molar-refractivity contribution in [3.8, 4) is 11.3 Å². The average Bonchev–Trinajstić information content (AvgIpc) is 2.64. The minimum atomic E-state index is -0.0606. The van der Waals surface area contributed by atoms with Gasteiger partial charge in [-0.05, 0) is 56.5 Å². The molecule has 1 heterocycles. The van der Waals surface area contributed by atoms with Gasteiger partial charge in [0, 0.05) is 22.6 Å². The molecule has 1 aliphatic carbocycles. The van der Waals surface area contributed by atoms with Gasteiger partial charge in [0.15, 0.2) is 0 Å². The molecule has 1 heteroatoms. The van der Waals surface area contributed by atoms with Gasteiger partial charge in [0.25, 0.3) is 0 Å². The molecule has 1 aromatic heterocycles. The maximum atomic E-state index is 4.84. The summed E-state index contributed by atoms with van der Waals surface area (Å²) in [4.78, 5) is 4.84. The molecule has 0 aliphatic heterocycles. The van der Waals surface area contributed by atoms with E-state index in [4.69, 9.17) is 4.98 Å². The Morgan fingerprint density at radius 3 is 2.19 bits per heavy atom. The second-order valence-corrected chi connectivity index (χ2v) is 9.40. The second-order valence-electron chi connectivity index (χ2n) is 9.40. The third-order valence-corrected chi connectivity index (χ3v) is 6.22. The fourth-order valence-corrected chi connectivity index (χ4v) is 4.55. The molecule has 0 amide bonds. The van der Waals surface area contributed by atoms with E-state index in [1.807, 2.05) is 6.20 Å². The Labute approximate surface area is 161 Å². The highest BCUT2D eigenvalue weighted by molar-refractivity contribution is 6.04. The lowest BCUT2D eigenvalue weighted by Gasteiger charge is -2.36. The summed E-state index contributed by atoms with van der Waals surface area (Å²) in [6, 6.07) is 20.3. The molecule has 0 N–H and O–H groups in total. The van der Waals surface area contributed by atoms with Crippen molar-refractivity contribution in [3.63, 3.8) is 0 Å². The number of fused-ring (bicyclic) bond motifs is 3. The third kappa shape index (κ3) is 2.27. The molecule has 3 aromatic carbocycles. The van der Waals surface area contributed by atoms with E-state index in [1.165, 1.54) is 43.8 Å². The molecule has 0 fully saturated rings. The van der Waals surface area contributed by atoms with Crippen LogP contribution in [0.15, 0.2) is 60.8 Å². The highest BCUT2D eigenvalue weighted by Crippen LogP contribution is 2.49. The quantitative estimate of drug-likeness (QED) is 0.332. The molecule has 27 heavy (non-hydrogen) atoms. The smallest absolute Gasteiger partial charge is 0.0786 e. The zero-order valence-corrected chi connectivity index (χ0v) is 16.7. The van der Waals surface area contributed by atoms with Crippen LogP contribution >= 0.6 is 0 Å². The summed E-state index contributed by atoms with van der Waals surface area (Å²) in [5, 5.41) is 5.19. The van der Waals surface area contributed by atoms with Gasteiger partial charge in [0.1, 0.15) is 0 Å². The van der Waals surface area contributed by atoms with Gasteiger partial charge in [-0.3, -0.25) is 4.98 Å². The SMILES string of the molecule is CC(C)(C)c1cc2c3c(nccc3c1)-c1cc3ccccc3cc1C2(C)C. The standard InChI is InChI=1S/C26H25N/c1-25(2,3)19-12-18-10-11-27-24-20-13-16-8-6-7-9-17(16)14-21(20)26(4,5)22(15-19)23(18)24/h6-15H,1-5H3. The average molecular weight is 351 g/mol. The minimum absolute atomic E-state index is 0.0606. The number of nitrogens with zero attached hydrogens (tertiary/aromatic N) is 1. The van der Waals surface area contributed by atoms with Crippen LogP contribution in [0.5, 0.6) is 0 Å². The van der Waals surface area contributed by atoms with Crippen molar-refractivity contribution in [2.75, 3.05) is 0 Å². The lowest BCUT2D eigenvalue weighted by Crippen LogP contribution is -2.25. The van der Waals surface area contributed by atoms with Gasteiger partial charge >= 0.3 is 0 Å². The van der Waals surface area contributed by atoms with Gasteiger partial charge in [-0.15, -0.1) is 0 Å². The topological polar surface area (TPSA) is 12.9 Å². The number of hydrogen-bond acceptors (Lipinski definition) is 1. The predicted octanol–water partition coefficient (Wildman–Crippen LogP) is 6.99. The van der Waals surface area contributed by atoms with Crippen LogP contribution in [0.3, 0.4) is 0 Å². The number of benzene rings is 3. The number of hydrogen-bond donors (Lipinski definition) is 0. The molecule has 0 saturated heterocycles. The van der Waals surface area contributed by atoms with E-state index in [1.54, 1.807) is 0 Å². The highest BCUT2D eigenvalue weighted by atomic mass is 14.7. The summed E-state index contributed by atoms with van der Waals surface area (Å²) in [7, 11) is 0. The molecular weight excluding hydrogens is 326 g/mol. The molecule has 0 unspecified atom stereocenters. The molecular formula is C26H25N. The Bertz CT molecular complexity index is 1220. The first-order valence-corrected chi connectivity index (χ1v) is 9.74. The van der Waals surface area contributed by atoms with Crippen molar-refractivity contribution in [2.24, 2.45) is 0 Å². The van der Waals surface area contributed by atoms with Gasteiger partial charge < -0.3 is 0 Å². The first-order valence-electron chi connectivity index (χ1n) is 9.74. The summed E-state index contributed by atoms with van der Waals surface area (Å²) in [6.07, 6.45) is 1.96. The normalized spacial score (nSPS) is 15.1. The highest BCUT2D eigenvalue weighted by Gasteiger charge is 2.35. The molecule has 0 radical (unpaired) electrons. The van der Waals surface area contributed by atoms with Crippen LogP contribution in [-0.2, 0) is 10.8 Å². The van der Waals surface area contributed by atoms with Gasteiger partial charge in [0.05, 0.1) is 5.69 Å². The summed E-state index contributed by atoms with van der Waals surface area (Å²) in [5.74, 6) is 0. The van der Waals surface area contributed by atoms with E-state index in [0.717, 1.165) is 5.69 Å². The summed E-state index contributed by atoms with van der Waals surface area (Å²) in [5.41, 5.74) is 6.63. The number of aromatic nitrogens is 1. The van der Waals surface area contributed by atoms with Crippen molar-refractivity contribution in [1.29, 1.82) is 0 Å². The lowest BCUT2D eigenvalue weighted by atomic mass is 9.68. The monoisotopic (exact) mass is 351 g/mol. The Hall–Kier alpha value is -2.67. The summed E-state index contributed by atoms with van der Waals surface area (Å²) < 4.78 is 0. The maximum absolute atomic E-state index is 4.84. The van der Waals surface area contributed by atoms with Gasteiger partial charge in [-0.1, -0.05) is 71.0 Å². The Morgan fingerprint density at radius 2 is 1.48 bits per heavy atom. The summed E-state index contributed by atoms with van der Waals surface area (Å²) in [6.45, 7) is 11.6. The predicted molar refractivity (Wildman–Crippen MR) is 116 cm³/mol. The largest absolute Gasteiger partial charge is 0.256 e. The van der Waals surface area contributed by atoms with Gasteiger partial charge in [0.2, 0.25) is 0 Å². The van der Waals surface area contributed by atoms with Crippen molar-refractivity contribution >= 4 is 21.5 Å². The third-order valence-electron chi connectivity index (χ3n) is 6.22. The molecule has 0 atom stereocenters. The molecule has 0 saturated carbocycles. The molecule has 1 nitrogen and oxygen atoms in total. The molecule has 1 aliphatic rings. The van der Waals surface area contributed by atoms with Crippen LogP contribution in [0, 0.1) is 0 Å². The zero-order valence-electron chi connectivity index (χ0n) is 16.7. The number of rotatable bonds is 0. The van der Waals surface area contributed by atoms with E-state index in [-0.39, 0.29) is 10.8 Å². The van der Waals surface area contributed by atoms with E-state index >= 15 is 0 Å². The Kier molecular flexibility index (Phi) is 3.17. The first-order chi connectivity index (χ1) is 12.8. The van der Waals surface area contributed by atoms with E-state index < -0.39 is 0 Å². The number of pyridine rings is 1. The van der Waals surface area contributed by atoms with E-state index in [2.05, 4.69) is 89.2 Å². The Balaban J connectivity index is 1.96. The maximum Gasteiger partial charge on any atom is 0.0786 e. The van der Waals surface area contributed by atoms with Crippen LogP contribution in [-0.4, -0.2) is 4.98 Å². The van der Waals surface area contributed by atoms with Crippen molar-refractivity contribution < 1.29 is 0 Å². The van der Waals surface area contributed by atoms with Crippen LogP contribution < -0.4 is 0 Å².